The molecule has 0 saturated carbocycles. The van der Waals surface area contributed by atoms with E-state index in [0.29, 0.717) is 29.8 Å². The van der Waals surface area contributed by atoms with Gasteiger partial charge in [-0.15, -0.1) is 0 Å². The van der Waals surface area contributed by atoms with Crippen LogP contribution in [0.4, 0.5) is 11.5 Å². The summed E-state index contributed by atoms with van der Waals surface area (Å²) < 4.78 is 5.07. The van der Waals surface area contributed by atoms with Crippen molar-refractivity contribution < 1.29 is 9.84 Å². The van der Waals surface area contributed by atoms with Gasteiger partial charge < -0.3 is 20.9 Å². The fraction of sp³-hybridized carbons (Fsp3) is 0.286. The van der Waals surface area contributed by atoms with Crippen LogP contribution in [0.1, 0.15) is 17.5 Å². The average Bonchev–Trinajstić information content (AvgIpc) is 2.45. The number of aliphatic hydroxyl groups is 1. The number of aliphatic hydroxyl groups excluding tert-OH is 1. The Bertz CT molecular complexity index is 572. The van der Waals surface area contributed by atoms with E-state index < -0.39 is 6.10 Å². The van der Waals surface area contributed by atoms with E-state index >= 15 is 0 Å². The maximum Gasteiger partial charge on any atom is 0.218 e. The second-order valence-corrected chi connectivity index (χ2v) is 4.41. The van der Waals surface area contributed by atoms with Gasteiger partial charge >= 0.3 is 0 Å². The SMILES string of the molecule is COc1cc(NCC(O)c2ccc(N)cc2)nc(C)n1. The Kier molecular flexibility index (Phi) is 4.37. The van der Waals surface area contributed by atoms with Crippen molar-refractivity contribution in [3.63, 3.8) is 0 Å². The van der Waals surface area contributed by atoms with E-state index in [1.54, 1.807) is 44.4 Å². The molecule has 0 amide bonds. The fourth-order valence-electron chi connectivity index (χ4n) is 1.77. The minimum atomic E-state index is -0.642. The number of hydrogen-bond acceptors (Lipinski definition) is 6. The number of nitrogens with one attached hydrogen (secondary N) is 1. The lowest BCUT2D eigenvalue weighted by atomic mass is 10.1. The van der Waals surface area contributed by atoms with Gasteiger partial charge in [0, 0.05) is 18.3 Å². The Morgan fingerprint density at radius 3 is 2.65 bits per heavy atom. The number of hydrogen-bond donors (Lipinski definition) is 3. The number of ether oxygens (including phenoxy) is 1. The van der Waals surface area contributed by atoms with Crippen molar-refractivity contribution in [2.24, 2.45) is 0 Å². The second kappa shape index (κ2) is 6.21. The molecule has 20 heavy (non-hydrogen) atoms. The lowest BCUT2D eigenvalue weighted by molar-refractivity contribution is 0.191. The predicted octanol–water partition coefficient (Wildman–Crippen LogP) is 1.52. The highest BCUT2D eigenvalue weighted by molar-refractivity contribution is 5.41. The van der Waals surface area contributed by atoms with Gasteiger partial charge in [0.1, 0.15) is 11.6 Å². The molecule has 0 radical (unpaired) electrons. The van der Waals surface area contributed by atoms with Gasteiger partial charge in [-0.25, -0.2) is 4.98 Å². The highest BCUT2D eigenvalue weighted by Crippen LogP contribution is 2.17. The number of nitrogens with zero attached hydrogens (tertiary/aromatic N) is 2. The van der Waals surface area contributed by atoms with Gasteiger partial charge in [0.25, 0.3) is 0 Å². The molecule has 1 atom stereocenters. The zero-order valence-corrected chi connectivity index (χ0v) is 11.5. The van der Waals surface area contributed by atoms with Crippen molar-refractivity contribution in [3.05, 3.63) is 41.7 Å². The van der Waals surface area contributed by atoms with Crippen molar-refractivity contribution in [1.29, 1.82) is 0 Å². The Hall–Kier alpha value is -2.34. The van der Waals surface area contributed by atoms with E-state index in [2.05, 4.69) is 15.3 Å². The normalized spacial score (nSPS) is 11.9. The number of methoxy groups -OCH3 is 1. The van der Waals surface area contributed by atoms with Crippen LogP contribution >= 0.6 is 0 Å². The number of aromatic nitrogens is 2. The smallest absolute Gasteiger partial charge is 0.218 e. The molecule has 0 aliphatic carbocycles. The largest absolute Gasteiger partial charge is 0.481 e. The van der Waals surface area contributed by atoms with Crippen molar-refractivity contribution in [1.82, 2.24) is 9.97 Å². The van der Waals surface area contributed by atoms with Gasteiger partial charge in [-0.2, -0.15) is 4.98 Å². The number of anilines is 2. The molecule has 2 aromatic rings. The van der Waals surface area contributed by atoms with Crippen LogP contribution < -0.4 is 15.8 Å². The Labute approximate surface area is 117 Å². The number of benzene rings is 1. The van der Waals surface area contributed by atoms with Crippen molar-refractivity contribution in [2.45, 2.75) is 13.0 Å². The molecule has 0 fully saturated rings. The van der Waals surface area contributed by atoms with Gasteiger partial charge in [-0.1, -0.05) is 12.1 Å². The summed E-state index contributed by atoms with van der Waals surface area (Å²) in [4.78, 5) is 8.33. The lowest BCUT2D eigenvalue weighted by Crippen LogP contribution is -2.13. The minimum absolute atomic E-state index is 0.337. The van der Waals surface area contributed by atoms with Crippen LogP contribution in [0, 0.1) is 6.92 Å². The zero-order chi connectivity index (χ0) is 14.5. The number of nitrogen functional groups attached to an aromatic ring is 1. The summed E-state index contributed by atoms with van der Waals surface area (Å²) in [6.45, 7) is 2.12. The lowest BCUT2D eigenvalue weighted by Gasteiger charge is -2.13. The van der Waals surface area contributed by atoms with E-state index in [9.17, 15) is 5.11 Å². The summed E-state index contributed by atoms with van der Waals surface area (Å²) >= 11 is 0. The van der Waals surface area contributed by atoms with Crippen LogP contribution in [0.25, 0.3) is 0 Å². The van der Waals surface area contributed by atoms with E-state index in [0.717, 1.165) is 5.56 Å². The first-order chi connectivity index (χ1) is 9.58. The maximum absolute atomic E-state index is 10.1. The van der Waals surface area contributed by atoms with Gasteiger partial charge in [-0.05, 0) is 24.6 Å². The number of nitrogens with two attached hydrogens (primary N) is 1. The highest BCUT2D eigenvalue weighted by Gasteiger charge is 2.08. The Morgan fingerprint density at radius 2 is 2.00 bits per heavy atom. The highest BCUT2D eigenvalue weighted by atomic mass is 16.5. The first kappa shape index (κ1) is 14.1. The van der Waals surface area contributed by atoms with Crippen LogP contribution in [0.15, 0.2) is 30.3 Å². The molecule has 1 aromatic carbocycles. The molecule has 6 nitrogen and oxygen atoms in total. The molecular weight excluding hydrogens is 256 g/mol. The Balaban J connectivity index is 2.01. The molecule has 6 heteroatoms. The third-order valence-electron chi connectivity index (χ3n) is 2.82. The van der Waals surface area contributed by atoms with E-state index in [-0.39, 0.29) is 0 Å². The fourth-order valence-corrected chi connectivity index (χ4v) is 1.77. The van der Waals surface area contributed by atoms with Crippen LogP contribution in [0.3, 0.4) is 0 Å². The van der Waals surface area contributed by atoms with Crippen LogP contribution in [-0.2, 0) is 0 Å². The molecule has 1 aromatic heterocycles. The molecule has 1 heterocycles. The third-order valence-corrected chi connectivity index (χ3v) is 2.82. The van der Waals surface area contributed by atoms with Crippen LogP contribution in [0.5, 0.6) is 5.88 Å². The molecule has 4 N–H and O–H groups in total. The van der Waals surface area contributed by atoms with Gasteiger partial charge in [-0.3, -0.25) is 0 Å². The maximum atomic E-state index is 10.1. The summed E-state index contributed by atoms with van der Waals surface area (Å²) in [5, 5.41) is 13.2. The summed E-state index contributed by atoms with van der Waals surface area (Å²) in [7, 11) is 1.55. The molecule has 0 spiro atoms. The summed E-state index contributed by atoms with van der Waals surface area (Å²) in [6.07, 6.45) is -0.642. The predicted molar refractivity (Wildman–Crippen MR) is 77.6 cm³/mol. The van der Waals surface area contributed by atoms with Crippen LogP contribution in [0.2, 0.25) is 0 Å². The van der Waals surface area contributed by atoms with Gasteiger partial charge in [0.15, 0.2) is 0 Å². The molecule has 0 bridgehead atoms. The molecule has 106 valence electrons. The summed E-state index contributed by atoms with van der Waals surface area (Å²) in [6, 6.07) is 8.80. The van der Waals surface area contributed by atoms with Crippen molar-refractivity contribution in [3.8, 4) is 5.88 Å². The third kappa shape index (κ3) is 3.58. The average molecular weight is 274 g/mol. The zero-order valence-electron chi connectivity index (χ0n) is 11.5. The first-order valence-electron chi connectivity index (χ1n) is 6.25. The summed E-state index contributed by atoms with van der Waals surface area (Å²) in [5.74, 6) is 1.71. The number of rotatable bonds is 5. The molecule has 2 rings (SSSR count). The van der Waals surface area contributed by atoms with E-state index in [1.165, 1.54) is 0 Å². The van der Waals surface area contributed by atoms with Gasteiger partial charge in [0.2, 0.25) is 5.88 Å². The Morgan fingerprint density at radius 1 is 1.30 bits per heavy atom. The second-order valence-electron chi connectivity index (χ2n) is 4.41. The topological polar surface area (TPSA) is 93.3 Å². The molecule has 0 saturated heterocycles. The van der Waals surface area contributed by atoms with Crippen LogP contribution in [-0.4, -0.2) is 28.7 Å². The molecule has 0 aliphatic rings. The molecule has 1 unspecified atom stereocenters. The van der Waals surface area contributed by atoms with Gasteiger partial charge in [0.05, 0.1) is 13.2 Å². The minimum Gasteiger partial charge on any atom is -0.481 e. The standard InChI is InChI=1S/C14H18N4O2/c1-9-17-13(7-14(18-9)20-2)16-8-12(19)10-3-5-11(15)6-4-10/h3-7,12,19H,8,15H2,1-2H3,(H,16,17,18). The summed E-state index contributed by atoms with van der Waals surface area (Å²) in [5.41, 5.74) is 7.08. The van der Waals surface area contributed by atoms with E-state index in [1.807, 2.05) is 0 Å². The quantitative estimate of drug-likeness (QED) is 0.716. The number of aryl methyl sites for hydroxylation is 1. The molecular formula is C14H18N4O2. The monoisotopic (exact) mass is 274 g/mol. The van der Waals surface area contributed by atoms with Crippen molar-refractivity contribution >= 4 is 11.5 Å². The van der Waals surface area contributed by atoms with Crippen molar-refractivity contribution in [2.75, 3.05) is 24.7 Å². The first-order valence-corrected chi connectivity index (χ1v) is 6.25. The molecule has 0 aliphatic heterocycles. The van der Waals surface area contributed by atoms with E-state index in [4.69, 9.17) is 10.5 Å².